The fourth-order valence-corrected chi connectivity index (χ4v) is 3.20. The van der Waals surface area contributed by atoms with Crippen LogP contribution in [0, 0.1) is 11.8 Å². The molecule has 0 aromatic rings. The Morgan fingerprint density at radius 1 is 1.11 bits per heavy atom. The SMILES string of the molecule is CCCCC1CCC(CNC(C)CN(C)C)CC1. The van der Waals surface area contributed by atoms with E-state index in [1.165, 1.54) is 51.5 Å². The Balaban J connectivity index is 2.08. The number of unbranched alkanes of at least 4 members (excludes halogenated alkanes) is 1. The van der Waals surface area contributed by atoms with E-state index < -0.39 is 0 Å². The molecule has 0 aromatic carbocycles. The zero-order chi connectivity index (χ0) is 13.4. The Bertz CT molecular complexity index is 195. The summed E-state index contributed by atoms with van der Waals surface area (Å²) in [5.41, 5.74) is 0. The first-order chi connectivity index (χ1) is 8.61. The van der Waals surface area contributed by atoms with Crippen molar-refractivity contribution in [2.75, 3.05) is 27.2 Å². The van der Waals surface area contributed by atoms with Gasteiger partial charge in [0.05, 0.1) is 0 Å². The molecule has 0 bridgehead atoms. The van der Waals surface area contributed by atoms with Gasteiger partial charge in [-0.25, -0.2) is 0 Å². The number of hydrogen-bond donors (Lipinski definition) is 1. The summed E-state index contributed by atoms with van der Waals surface area (Å²) in [5.74, 6) is 1.98. The maximum absolute atomic E-state index is 3.70. The number of nitrogens with zero attached hydrogens (tertiary/aromatic N) is 1. The minimum atomic E-state index is 0.623. The van der Waals surface area contributed by atoms with Crippen LogP contribution in [0.2, 0.25) is 0 Å². The van der Waals surface area contributed by atoms with Crippen molar-refractivity contribution < 1.29 is 0 Å². The quantitative estimate of drug-likeness (QED) is 0.713. The van der Waals surface area contributed by atoms with Crippen LogP contribution >= 0.6 is 0 Å². The lowest BCUT2D eigenvalue weighted by atomic mass is 9.80. The van der Waals surface area contributed by atoms with Gasteiger partial charge in [0, 0.05) is 12.6 Å². The van der Waals surface area contributed by atoms with Gasteiger partial charge in [-0.1, -0.05) is 39.0 Å². The van der Waals surface area contributed by atoms with E-state index in [1.54, 1.807) is 0 Å². The number of nitrogens with one attached hydrogen (secondary N) is 1. The van der Waals surface area contributed by atoms with Gasteiger partial charge in [0.2, 0.25) is 0 Å². The lowest BCUT2D eigenvalue weighted by Crippen LogP contribution is -2.39. The van der Waals surface area contributed by atoms with Crippen molar-refractivity contribution >= 4 is 0 Å². The van der Waals surface area contributed by atoms with Crippen LogP contribution in [-0.4, -0.2) is 38.1 Å². The van der Waals surface area contributed by atoms with Crippen LogP contribution in [0.5, 0.6) is 0 Å². The zero-order valence-electron chi connectivity index (χ0n) is 13.0. The predicted octanol–water partition coefficient (Wildman–Crippen LogP) is 3.52. The molecule has 2 heteroatoms. The van der Waals surface area contributed by atoms with Crippen molar-refractivity contribution in [2.24, 2.45) is 11.8 Å². The van der Waals surface area contributed by atoms with Crippen LogP contribution in [0.4, 0.5) is 0 Å². The van der Waals surface area contributed by atoms with Gasteiger partial charge in [-0.2, -0.15) is 0 Å². The average molecular weight is 254 g/mol. The molecule has 0 aromatic heterocycles. The third-order valence-electron chi connectivity index (χ3n) is 4.33. The molecule has 1 fully saturated rings. The molecule has 1 aliphatic rings. The van der Waals surface area contributed by atoms with Crippen molar-refractivity contribution in [1.82, 2.24) is 10.2 Å². The molecule has 0 amide bonds. The average Bonchev–Trinajstić information content (AvgIpc) is 2.34. The number of rotatable bonds is 8. The molecule has 2 nitrogen and oxygen atoms in total. The van der Waals surface area contributed by atoms with Gasteiger partial charge in [-0.15, -0.1) is 0 Å². The van der Waals surface area contributed by atoms with Gasteiger partial charge < -0.3 is 10.2 Å². The van der Waals surface area contributed by atoms with E-state index in [2.05, 4.69) is 38.2 Å². The Hall–Kier alpha value is -0.0800. The van der Waals surface area contributed by atoms with E-state index >= 15 is 0 Å². The molecule has 0 saturated heterocycles. The third-order valence-corrected chi connectivity index (χ3v) is 4.33. The topological polar surface area (TPSA) is 15.3 Å². The second kappa shape index (κ2) is 8.92. The molecule has 108 valence electrons. The maximum atomic E-state index is 3.70. The molecular formula is C16H34N2. The molecule has 1 aliphatic carbocycles. The van der Waals surface area contributed by atoms with E-state index in [0.29, 0.717) is 6.04 Å². The molecule has 1 rings (SSSR count). The normalized spacial score (nSPS) is 26.5. The van der Waals surface area contributed by atoms with Crippen LogP contribution in [0.15, 0.2) is 0 Å². The summed E-state index contributed by atoms with van der Waals surface area (Å²) in [6, 6.07) is 0.623. The van der Waals surface area contributed by atoms with Crippen molar-refractivity contribution in [3.05, 3.63) is 0 Å². The van der Waals surface area contributed by atoms with E-state index in [-0.39, 0.29) is 0 Å². The summed E-state index contributed by atoms with van der Waals surface area (Å²) in [6.45, 7) is 6.98. The predicted molar refractivity (Wildman–Crippen MR) is 81.0 cm³/mol. The second-order valence-electron chi connectivity index (χ2n) is 6.60. The molecule has 18 heavy (non-hydrogen) atoms. The monoisotopic (exact) mass is 254 g/mol. The van der Waals surface area contributed by atoms with Crippen molar-refractivity contribution in [2.45, 2.75) is 64.8 Å². The van der Waals surface area contributed by atoms with E-state index in [4.69, 9.17) is 0 Å². The van der Waals surface area contributed by atoms with Gasteiger partial charge >= 0.3 is 0 Å². The van der Waals surface area contributed by atoms with Crippen LogP contribution in [-0.2, 0) is 0 Å². The lowest BCUT2D eigenvalue weighted by Gasteiger charge is -2.30. The largest absolute Gasteiger partial charge is 0.313 e. The Morgan fingerprint density at radius 2 is 1.72 bits per heavy atom. The summed E-state index contributed by atoms with van der Waals surface area (Å²) in [7, 11) is 4.30. The van der Waals surface area contributed by atoms with E-state index in [1.807, 2.05) is 0 Å². The summed E-state index contributed by atoms with van der Waals surface area (Å²) in [6.07, 6.45) is 10.2. The molecule has 1 saturated carbocycles. The molecule has 0 spiro atoms. The minimum Gasteiger partial charge on any atom is -0.313 e. The second-order valence-corrected chi connectivity index (χ2v) is 6.60. The van der Waals surface area contributed by atoms with Gasteiger partial charge in [-0.3, -0.25) is 0 Å². The number of likely N-dealkylation sites (N-methyl/N-ethyl adjacent to an activating group) is 1. The highest BCUT2D eigenvalue weighted by atomic mass is 15.1. The Morgan fingerprint density at radius 3 is 2.28 bits per heavy atom. The first-order valence-electron chi connectivity index (χ1n) is 8.00. The van der Waals surface area contributed by atoms with Gasteiger partial charge in [0.15, 0.2) is 0 Å². The summed E-state index contributed by atoms with van der Waals surface area (Å²) in [5, 5.41) is 3.70. The summed E-state index contributed by atoms with van der Waals surface area (Å²) in [4.78, 5) is 2.26. The third kappa shape index (κ3) is 6.75. The molecule has 0 radical (unpaired) electrons. The molecule has 1 unspecified atom stereocenters. The molecule has 0 aliphatic heterocycles. The molecule has 0 heterocycles. The zero-order valence-corrected chi connectivity index (χ0v) is 13.0. The fourth-order valence-electron chi connectivity index (χ4n) is 3.20. The highest BCUT2D eigenvalue weighted by Gasteiger charge is 2.20. The van der Waals surface area contributed by atoms with Gasteiger partial charge in [0.25, 0.3) is 0 Å². The van der Waals surface area contributed by atoms with Crippen LogP contribution in [0.1, 0.15) is 58.8 Å². The standard InChI is InChI=1S/C16H34N2/c1-5-6-7-15-8-10-16(11-9-15)12-17-14(2)13-18(3)4/h14-17H,5-13H2,1-4H3. The van der Waals surface area contributed by atoms with Crippen molar-refractivity contribution in [1.29, 1.82) is 0 Å². The maximum Gasteiger partial charge on any atom is 0.0166 e. The highest BCUT2D eigenvalue weighted by Crippen LogP contribution is 2.31. The van der Waals surface area contributed by atoms with Crippen LogP contribution in [0.25, 0.3) is 0 Å². The summed E-state index contributed by atoms with van der Waals surface area (Å²) >= 11 is 0. The number of hydrogen-bond acceptors (Lipinski definition) is 2. The van der Waals surface area contributed by atoms with Crippen LogP contribution in [0.3, 0.4) is 0 Å². The Labute approximate surface area is 115 Å². The smallest absolute Gasteiger partial charge is 0.0166 e. The van der Waals surface area contributed by atoms with Crippen LogP contribution < -0.4 is 5.32 Å². The fraction of sp³-hybridized carbons (Fsp3) is 1.00. The van der Waals surface area contributed by atoms with Crippen molar-refractivity contribution in [3.8, 4) is 0 Å². The molecular weight excluding hydrogens is 220 g/mol. The summed E-state index contributed by atoms with van der Waals surface area (Å²) < 4.78 is 0. The molecule has 1 atom stereocenters. The van der Waals surface area contributed by atoms with Gasteiger partial charge in [-0.05, 0) is 52.2 Å². The van der Waals surface area contributed by atoms with E-state index in [0.717, 1.165) is 18.4 Å². The lowest BCUT2D eigenvalue weighted by molar-refractivity contribution is 0.243. The van der Waals surface area contributed by atoms with E-state index in [9.17, 15) is 0 Å². The first-order valence-corrected chi connectivity index (χ1v) is 8.00. The first kappa shape index (κ1) is 16.0. The van der Waals surface area contributed by atoms with Gasteiger partial charge in [0.1, 0.15) is 0 Å². The Kier molecular flexibility index (Phi) is 7.92. The molecule has 1 N–H and O–H groups in total. The highest BCUT2D eigenvalue weighted by molar-refractivity contribution is 4.75. The van der Waals surface area contributed by atoms with Crippen molar-refractivity contribution in [3.63, 3.8) is 0 Å². The minimum absolute atomic E-state index is 0.623.